The van der Waals surface area contributed by atoms with Gasteiger partial charge in [0.15, 0.2) is 0 Å². The highest BCUT2D eigenvalue weighted by Gasteiger charge is 2.28. The van der Waals surface area contributed by atoms with E-state index in [1.165, 1.54) is 4.88 Å². The molecule has 1 fully saturated rings. The van der Waals surface area contributed by atoms with Crippen molar-refractivity contribution in [3.63, 3.8) is 0 Å². The zero-order valence-electron chi connectivity index (χ0n) is 14.3. The number of hydrogen-bond donors (Lipinski definition) is 1. The molecule has 0 bridgehead atoms. The third kappa shape index (κ3) is 4.05. The van der Waals surface area contributed by atoms with Crippen LogP contribution in [0.4, 0.5) is 0 Å². The van der Waals surface area contributed by atoms with Crippen LogP contribution in [0.25, 0.3) is 0 Å². The molecule has 3 heterocycles. The van der Waals surface area contributed by atoms with Crippen LogP contribution >= 0.6 is 11.3 Å². The van der Waals surface area contributed by atoms with E-state index in [2.05, 4.69) is 33.8 Å². The Morgan fingerprint density at radius 1 is 1.20 bits per heavy atom. The van der Waals surface area contributed by atoms with Gasteiger partial charge < -0.3 is 10.1 Å². The third-order valence-corrected chi connectivity index (χ3v) is 6.00. The highest BCUT2D eigenvalue weighted by atomic mass is 32.1. The molecule has 2 aliphatic heterocycles. The molecule has 2 aromatic rings. The van der Waals surface area contributed by atoms with Gasteiger partial charge in [-0.3, -0.25) is 9.69 Å². The molecular weight excluding hydrogens is 332 g/mol. The lowest BCUT2D eigenvalue weighted by atomic mass is 9.95. The van der Waals surface area contributed by atoms with Gasteiger partial charge in [-0.25, -0.2) is 0 Å². The van der Waals surface area contributed by atoms with Crippen molar-refractivity contribution in [2.75, 3.05) is 19.7 Å². The SMILES string of the molecule is O=C(NC1CCN(Cc2cccs2)CC1)[C@H]1COc2ccccc2C1. The van der Waals surface area contributed by atoms with Gasteiger partial charge in [-0.05, 0) is 42.3 Å². The summed E-state index contributed by atoms with van der Waals surface area (Å²) >= 11 is 1.82. The van der Waals surface area contributed by atoms with Crippen LogP contribution in [0.2, 0.25) is 0 Å². The molecule has 1 aromatic carbocycles. The third-order valence-electron chi connectivity index (χ3n) is 5.14. The number of thiophene rings is 1. The zero-order valence-corrected chi connectivity index (χ0v) is 15.1. The minimum absolute atomic E-state index is 0.0703. The van der Waals surface area contributed by atoms with E-state index in [1.807, 2.05) is 29.5 Å². The zero-order chi connectivity index (χ0) is 17.1. The molecule has 1 N–H and O–H groups in total. The molecule has 2 aliphatic rings. The van der Waals surface area contributed by atoms with E-state index in [9.17, 15) is 4.79 Å². The maximum absolute atomic E-state index is 12.6. The van der Waals surface area contributed by atoms with Gasteiger partial charge >= 0.3 is 0 Å². The second kappa shape index (κ2) is 7.58. The van der Waals surface area contributed by atoms with Crippen LogP contribution in [0.5, 0.6) is 5.75 Å². The largest absolute Gasteiger partial charge is 0.492 e. The monoisotopic (exact) mass is 356 g/mol. The summed E-state index contributed by atoms with van der Waals surface area (Å²) in [6, 6.07) is 12.6. The Bertz CT molecular complexity index is 708. The molecule has 1 atom stereocenters. The first kappa shape index (κ1) is 16.6. The number of carbonyl (C=O) groups excluding carboxylic acids is 1. The highest BCUT2D eigenvalue weighted by Crippen LogP contribution is 2.27. The number of benzene rings is 1. The van der Waals surface area contributed by atoms with Crippen LogP contribution in [-0.2, 0) is 17.8 Å². The topological polar surface area (TPSA) is 41.6 Å². The van der Waals surface area contributed by atoms with Gasteiger partial charge in [-0.1, -0.05) is 24.3 Å². The van der Waals surface area contributed by atoms with E-state index in [0.717, 1.165) is 50.2 Å². The summed E-state index contributed by atoms with van der Waals surface area (Å²) in [6.45, 7) is 3.62. The molecular formula is C20H24N2O2S. The minimum atomic E-state index is -0.0703. The fourth-order valence-electron chi connectivity index (χ4n) is 3.67. The van der Waals surface area contributed by atoms with Crippen LogP contribution in [0.15, 0.2) is 41.8 Å². The number of nitrogens with one attached hydrogen (secondary N) is 1. The van der Waals surface area contributed by atoms with Gasteiger partial charge in [0, 0.05) is 30.6 Å². The Labute approximate surface area is 152 Å². The molecule has 0 unspecified atom stereocenters. The summed E-state index contributed by atoms with van der Waals surface area (Å²) in [4.78, 5) is 16.5. The van der Waals surface area contributed by atoms with E-state index < -0.39 is 0 Å². The summed E-state index contributed by atoms with van der Waals surface area (Å²) in [7, 11) is 0. The van der Waals surface area contributed by atoms with Gasteiger partial charge in [0.25, 0.3) is 0 Å². The Hall–Kier alpha value is -1.85. The summed E-state index contributed by atoms with van der Waals surface area (Å²) in [5.41, 5.74) is 1.14. The second-order valence-electron chi connectivity index (χ2n) is 6.96. The maximum Gasteiger partial charge on any atom is 0.227 e. The Morgan fingerprint density at radius 2 is 2.04 bits per heavy atom. The van der Waals surface area contributed by atoms with Crippen molar-refractivity contribution in [1.29, 1.82) is 0 Å². The Morgan fingerprint density at radius 3 is 2.84 bits per heavy atom. The normalized spacial score (nSPS) is 21.4. The fraction of sp³-hybridized carbons (Fsp3) is 0.450. The van der Waals surface area contributed by atoms with Gasteiger partial charge in [-0.2, -0.15) is 0 Å². The first-order chi connectivity index (χ1) is 12.3. The predicted octanol–water partition coefficient (Wildman–Crippen LogP) is 3.08. The first-order valence-corrected chi connectivity index (χ1v) is 9.92. The Balaban J connectivity index is 1.25. The molecule has 0 radical (unpaired) electrons. The van der Waals surface area contributed by atoms with Gasteiger partial charge in [0.1, 0.15) is 12.4 Å². The lowest BCUT2D eigenvalue weighted by molar-refractivity contribution is -0.127. The van der Waals surface area contributed by atoms with Crippen LogP contribution in [0.3, 0.4) is 0 Å². The van der Waals surface area contributed by atoms with Gasteiger partial charge in [0.05, 0.1) is 5.92 Å². The number of para-hydroxylation sites is 1. The molecule has 132 valence electrons. The average Bonchev–Trinajstić information content (AvgIpc) is 3.16. The molecule has 5 heteroatoms. The number of likely N-dealkylation sites (tertiary alicyclic amines) is 1. The second-order valence-corrected chi connectivity index (χ2v) is 7.99. The van der Waals surface area contributed by atoms with E-state index in [0.29, 0.717) is 12.6 Å². The van der Waals surface area contributed by atoms with Crippen molar-refractivity contribution < 1.29 is 9.53 Å². The first-order valence-electron chi connectivity index (χ1n) is 9.04. The van der Waals surface area contributed by atoms with E-state index in [1.54, 1.807) is 0 Å². The van der Waals surface area contributed by atoms with Crippen molar-refractivity contribution in [3.8, 4) is 5.75 Å². The van der Waals surface area contributed by atoms with Crippen molar-refractivity contribution in [1.82, 2.24) is 10.2 Å². The summed E-state index contributed by atoms with van der Waals surface area (Å²) in [5.74, 6) is 0.999. The quantitative estimate of drug-likeness (QED) is 0.915. The molecule has 4 rings (SSSR count). The predicted molar refractivity (Wildman–Crippen MR) is 99.9 cm³/mol. The van der Waals surface area contributed by atoms with Crippen LogP contribution < -0.4 is 10.1 Å². The number of piperidine rings is 1. The lowest BCUT2D eigenvalue weighted by Crippen LogP contribution is -2.47. The van der Waals surface area contributed by atoms with E-state index in [-0.39, 0.29) is 11.8 Å². The van der Waals surface area contributed by atoms with Crippen LogP contribution in [0.1, 0.15) is 23.3 Å². The molecule has 0 spiro atoms. The fourth-order valence-corrected chi connectivity index (χ4v) is 4.42. The highest BCUT2D eigenvalue weighted by molar-refractivity contribution is 7.09. The standard InChI is InChI=1S/C20H24N2O2S/c23-20(16-12-15-4-1-2-6-19(15)24-14-16)21-17-7-9-22(10-8-17)13-18-5-3-11-25-18/h1-6,11,16-17H,7-10,12-14H2,(H,21,23)/t16-/m1/s1. The van der Waals surface area contributed by atoms with Crippen molar-refractivity contribution in [2.24, 2.45) is 5.92 Å². The number of amides is 1. The van der Waals surface area contributed by atoms with Crippen molar-refractivity contribution in [3.05, 3.63) is 52.2 Å². The molecule has 4 nitrogen and oxygen atoms in total. The molecule has 0 saturated carbocycles. The van der Waals surface area contributed by atoms with E-state index >= 15 is 0 Å². The number of ether oxygens (including phenoxy) is 1. The summed E-state index contributed by atoms with van der Waals surface area (Å²) in [6.07, 6.45) is 2.84. The number of nitrogens with zero attached hydrogens (tertiary/aromatic N) is 1. The maximum atomic E-state index is 12.6. The van der Waals surface area contributed by atoms with Crippen LogP contribution in [-0.4, -0.2) is 36.5 Å². The molecule has 1 saturated heterocycles. The Kier molecular flexibility index (Phi) is 5.04. The number of hydrogen-bond acceptors (Lipinski definition) is 4. The molecule has 25 heavy (non-hydrogen) atoms. The van der Waals surface area contributed by atoms with E-state index in [4.69, 9.17) is 4.74 Å². The van der Waals surface area contributed by atoms with Gasteiger partial charge in [0.2, 0.25) is 5.91 Å². The average molecular weight is 356 g/mol. The molecule has 0 aliphatic carbocycles. The van der Waals surface area contributed by atoms with Crippen molar-refractivity contribution in [2.45, 2.75) is 31.8 Å². The summed E-state index contributed by atoms with van der Waals surface area (Å²) < 4.78 is 5.75. The number of fused-ring (bicyclic) bond motifs is 1. The summed E-state index contributed by atoms with van der Waals surface area (Å²) in [5, 5.41) is 5.39. The number of rotatable bonds is 4. The smallest absolute Gasteiger partial charge is 0.227 e. The van der Waals surface area contributed by atoms with Crippen LogP contribution in [0, 0.1) is 5.92 Å². The number of carbonyl (C=O) groups is 1. The lowest BCUT2D eigenvalue weighted by Gasteiger charge is -2.33. The van der Waals surface area contributed by atoms with Gasteiger partial charge in [-0.15, -0.1) is 11.3 Å². The minimum Gasteiger partial charge on any atom is -0.492 e. The molecule has 1 amide bonds. The van der Waals surface area contributed by atoms with Crippen molar-refractivity contribution >= 4 is 17.2 Å². The molecule has 1 aromatic heterocycles.